The fraction of sp³-hybridized carbons (Fsp3) is 0.318. The number of H-pyrrole nitrogens is 2. The molecule has 2 aliphatic heterocycles. The van der Waals surface area contributed by atoms with Crippen LogP contribution < -0.4 is 26.2 Å². The first-order valence-electron chi connectivity index (χ1n) is 19.9. The number of aromatic amines is 2. The van der Waals surface area contributed by atoms with Crippen LogP contribution in [0.15, 0.2) is 82.6 Å². The number of hydrogen-bond acceptors (Lipinski definition) is 13. The average Bonchev–Trinajstić information content (AvgIpc) is 3.28. The number of hydrogen-bond donors (Lipinski definition) is 4. The van der Waals surface area contributed by atoms with Crippen molar-refractivity contribution in [3.63, 3.8) is 0 Å². The maximum absolute atomic E-state index is 12.6. The van der Waals surface area contributed by atoms with E-state index in [0.29, 0.717) is 83.6 Å². The summed E-state index contributed by atoms with van der Waals surface area (Å²) in [5.41, 5.74) is 4.06. The van der Waals surface area contributed by atoms with Crippen molar-refractivity contribution in [3.8, 4) is 12.1 Å². The molecule has 2 aromatic carbocycles. The maximum Gasteiger partial charge on any atom is 0.303 e. The Balaban J connectivity index is 0.000000192. The number of fused-ring (bicyclic) bond motifs is 2. The number of rotatable bonds is 8. The molecule has 2 saturated heterocycles. The highest BCUT2D eigenvalue weighted by Crippen LogP contribution is 2.16. The Morgan fingerprint density at radius 2 is 1.15 bits per heavy atom. The lowest BCUT2D eigenvalue weighted by molar-refractivity contribution is -0.137. The SMILES string of the molecule is Cc1ccc2c(=O)[nH]c(CCC(=O)N3CCN(c4ccc(C#N)cn4)CC3)nc2c1.Cc1ccc2c(=O)[nH]c(CCC(=O)O)nc2c1.Cl.N#Cc1ccc(N2CCNCC2)nc1. The Hall–Kier alpha value is -7.21. The molecule has 0 saturated carbocycles. The number of nitriles is 2. The van der Waals surface area contributed by atoms with Crippen LogP contribution in [0.25, 0.3) is 21.8 Å². The fourth-order valence-corrected chi connectivity index (χ4v) is 6.80. The lowest BCUT2D eigenvalue weighted by Crippen LogP contribution is -2.49. The minimum absolute atomic E-state index is 0. The number of nitrogens with one attached hydrogen (secondary N) is 3. The topological polar surface area (TPSA) is 241 Å². The third-order valence-electron chi connectivity index (χ3n) is 10.1. The van der Waals surface area contributed by atoms with E-state index in [1.165, 1.54) is 0 Å². The molecule has 0 spiro atoms. The lowest BCUT2D eigenvalue weighted by Gasteiger charge is -2.35. The monoisotopic (exact) mass is 858 g/mol. The second-order valence-corrected chi connectivity index (χ2v) is 14.6. The highest BCUT2D eigenvalue weighted by Gasteiger charge is 2.22. The second-order valence-electron chi connectivity index (χ2n) is 14.6. The number of carboxylic acid groups (broad SMARTS) is 1. The van der Waals surface area contributed by atoms with Gasteiger partial charge in [-0.1, -0.05) is 12.1 Å². The van der Waals surface area contributed by atoms with Crippen molar-refractivity contribution in [1.29, 1.82) is 10.5 Å². The van der Waals surface area contributed by atoms with E-state index in [2.05, 4.69) is 57.2 Å². The summed E-state index contributed by atoms with van der Waals surface area (Å²) < 4.78 is 0. The molecule has 2 aliphatic rings. The van der Waals surface area contributed by atoms with Crippen LogP contribution in [0, 0.1) is 36.5 Å². The Labute approximate surface area is 363 Å². The van der Waals surface area contributed by atoms with Crippen molar-refractivity contribution in [2.45, 2.75) is 39.5 Å². The van der Waals surface area contributed by atoms with Gasteiger partial charge in [-0.2, -0.15) is 10.5 Å². The van der Waals surface area contributed by atoms with E-state index in [1.54, 1.807) is 30.6 Å². The molecule has 6 heterocycles. The lowest BCUT2D eigenvalue weighted by atomic mass is 10.1. The third-order valence-corrected chi connectivity index (χ3v) is 10.1. The third kappa shape index (κ3) is 12.4. The van der Waals surface area contributed by atoms with Crippen LogP contribution >= 0.6 is 12.4 Å². The molecule has 0 aliphatic carbocycles. The standard InChI is InChI=1S/C22H22N6O2.C12H12N2O3.C10H12N4.ClH/c1-15-2-4-17-18(12-15)25-19(26-22(17)30)5-7-21(29)28-10-8-27(9-11-28)20-6-3-16(13-23)14-24-20;1-7-2-3-8-9(6-7)13-10(14-12(8)17)4-5-11(15)16;11-7-9-1-2-10(13-8-9)14-5-3-12-4-6-14;/h2-4,6,12,14H,5,7-11H2,1H3,(H,25,26,30);2-3,6H,4-5H2,1H3,(H,15,16)(H,13,14,17);1-2,8,12H,3-6H2;1H. The fourth-order valence-electron chi connectivity index (χ4n) is 6.80. The zero-order valence-corrected chi connectivity index (χ0v) is 35.2. The molecular weight excluding hydrogens is 812 g/mol. The number of anilines is 2. The second kappa shape index (κ2) is 21.9. The zero-order chi connectivity index (χ0) is 43.3. The van der Waals surface area contributed by atoms with Crippen LogP contribution in [-0.4, -0.2) is 104 Å². The van der Waals surface area contributed by atoms with Crippen LogP contribution in [0.2, 0.25) is 0 Å². The van der Waals surface area contributed by atoms with Gasteiger partial charge in [-0.05, 0) is 73.5 Å². The van der Waals surface area contributed by atoms with Gasteiger partial charge in [0.15, 0.2) is 0 Å². The van der Waals surface area contributed by atoms with Crippen molar-refractivity contribution >= 4 is 57.7 Å². The van der Waals surface area contributed by atoms with Gasteiger partial charge in [-0.15, -0.1) is 12.4 Å². The summed E-state index contributed by atoms with van der Waals surface area (Å²) >= 11 is 0. The quantitative estimate of drug-likeness (QED) is 0.170. The molecule has 0 bridgehead atoms. The summed E-state index contributed by atoms with van der Waals surface area (Å²) in [4.78, 5) is 75.9. The highest BCUT2D eigenvalue weighted by atomic mass is 35.5. The van der Waals surface area contributed by atoms with Gasteiger partial charge in [0.05, 0.1) is 39.4 Å². The first-order valence-corrected chi connectivity index (χ1v) is 19.9. The van der Waals surface area contributed by atoms with Gasteiger partial charge in [-0.25, -0.2) is 19.9 Å². The van der Waals surface area contributed by atoms with Gasteiger partial charge in [-0.3, -0.25) is 19.2 Å². The van der Waals surface area contributed by atoms with E-state index < -0.39 is 5.97 Å². The minimum atomic E-state index is -0.906. The summed E-state index contributed by atoms with van der Waals surface area (Å²) in [6.07, 6.45) is 4.07. The number of aryl methyl sites for hydroxylation is 4. The molecule has 17 nitrogen and oxygen atoms in total. The Morgan fingerprint density at radius 1 is 0.677 bits per heavy atom. The van der Waals surface area contributed by atoms with E-state index in [1.807, 2.05) is 61.2 Å². The summed E-state index contributed by atoms with van der Waals surface area (Å²) in [6.45, 7) is 10.5. The molecular formula is C44H47ClN12O5. The van der Waals surface area contributed by atoms with Crippen molar-refractivity contribution in [2.24, 2.45) is 0 Å². The predicted molar refractivity (Wildman–Crippen MR) is 238 cm³/mol. The number of carboxylic acids is 1. The molecule has 0 radical (unpaired) electrons. The summed E-state index contributed by atoms with van der Waals surface area (Å²) in [5, 5.41) is 30.4. The number of nitrogens with zero attached hydrogens (tertiary/aromatic N) is 9. The molecule has 18 heteroatoms. The van der Waals surface area contributed by atoms with Crippen LogP contribution in [0.4, 0.5) is 11.6 Å². The molecule has 62 heavy (non-hydrogen) atoms. The summed E-state index contributed by atoms with van der Waals surface area (Å²) in [7, 11) is 0. The number of carbonyl (C=O) groups excluding carboxylic acids is 1. The van der Waals surface area contributed by atoms with Crippen LogP contribution in [0.5, 0.6) is 0 Å². The van der Waals surface area contributed by atoms with E-state index in [-0.39, 0.29) is 42.3 Å². The Kier molecular flexibility index (Phi) is 16.2. The number of aliphatic carboxylic acids is 1. The number of pyridine rings is 2. The van der Waals surface area contributed by atoms with Gasteiger partial charge in [0.1, 0.15) is 35.4 Å². The van der Waals surface area contributed by atoms with E-state index in [0.717, 1.165) is 48.9 Å². The largest absolute Gasteiger partial charge is 0.481 e. The normalized spacial score (nSPS) is 13.4. The number of aromatic nitrogens is 6. The van der Waals surface area contributed by atoms with Gasteiger partial charge in [0.2, 0.25) is 5.91 Å². The minimum Gasteiger partial charge on any atom is -0.481 e. The molecule has 4 aromatic heterocycles. The Bertz CT molecular complexity index is 2700. The van der Waals surface area contributed by atoms with Gasteiger partial charge >= 0.3 is 5.97 Å². The van der Waals surface area contributed by atoms with Gasteiger partial charge in [0.25, 0.3) is 11.1 Å². The zero-order valence-electron chi connectivity index (χ0n) is 34.4. The van der Waals surface area contributed by atoms with Gasteiger partial charge < -0.3 is 35.1 Å². The number of halogens is 1. The van der Waals surface area contributed by atoms with Crippen molar-refractivity contribution in [3.05, 3.63) is 128 Å². The molecule has 0 unspecified atom stereocenters. The first kappa shape index (κ1) is 45.9. The van der Waals surface area contributed by atoms with Crippen molar-refractivity contribution < 1.29 is 14.7 Å². The maximum atomic E-state index is 12.6. The smallest absolute Gasteiger partial charge is 0.303 e. The van der Waals surface area contributed by atoms with Crippen LogP contribution in [-0.2, 0) is 22.4 Å². The van der Waals surface area contributed by atoms with Crippen molar-refractivity contribution in [2.75, 3.05) is 62.2 Å². The van der Waals surface area contributed by atoms with Crippen molar-refractivity contribution in [1.82, 2.24) is 40.1 Å². The molecule has 0 atom stereocenters. The first-order chi connectivity index (χ1) is 29.5. The number of amides is 1. The van der Waals surface area contributed by atoms with E-state index in [9.17, 15) is 19.2 Å². The van der Waals surface area contributed by atoms with Crippen LogP contribution in [0.3, 0.4) is 0 Å². The van der Waals surface area contributed by atoms with E-state index in [4.69, 9.17) is 15.6 Å². The average molecular weight is 859 g/mol. The predicted octanol–water partition coefficient (Wildman–Crippen LogP) is 3.81. The molecule has 1 amide bonds. The molecule has 6 aromatic rings. The number of benzene rings is 2. The Morgan fingerprint density at radius 3 is 1.58 bits per heavy atom. The number of piperazine rings is 2. The van der Waals surface area contributed by atoms with Crippen LogP contribution in [0.1, 0.15) is 46.7 Å². The number of carbonyl (C=O) groups is 2. The molecule has 8 rings (SSSR count). The van der Waals surface area contributed by atoms with Gasteiger partial charge in [0, 0.05) is 84.0 Å². The summed E-state index contributed by atoms with van der Waals surface area (Å²) in [6, 6.07) is 22.3. The highest BCUT2D eigenvalue weighted by molar-refractivity contribution is 5.85. The molecule has 4 N–H and O–H groups in total. The molecule has 2 fully saturated rings. The summed E-state index contributed by atoms with van der Waals surface area (Å²) in [5.74, 6) is 1.87. The van der Waals surface area contributed by atoms with E-state index >= 15 is 0 Å². The molecule has 320 valence electrons.